The van der Waals surface area contributed by atoms with Gasteiger partial charge in [-0.05, 0) is 5.41 Å². The van der Waals surface area contributed by atoms with Gasteiger partial charge in [-0.2, -0.15) is 0 Å². The molecule has 0 N–H and O–H groups in total. The average Bonchev–Trinajstić information content (AvgIpc) is 1.31. The summed E-state index contributed by atoms with van der Waals surface area (Å²) in [6.45, 7) is 6.24. The van der Waals surface area contributed by atoms with Gasteiger partial charge in [-0.3, -0.25) is 0 Å². The van der Waals surface area contributed by atoms with Gasteiger partial charge in [-0.25, -0.2) is 0 Å². The van der Waals surface area contributed by atoms with E-state index in [9.17, 15) is 0 Å². The number of halogens is 1. The zero-order valence-electron chi connectivity index (χ0n) is 4.96. The molecule has 0 fully saturated rings. The van der Waals surface area contributed by atoms with Crippen LogP contribution in [0.25, 0.3) is 0 Å². The second kappa shape index (κ2) is 2.18. The molecule has 0 aliphatic heterocycles. The Bertz CT molecular complexity index is 53.6. The molecule has 0 rings (SSSR count). The maximum absolute atomic E-state index is 5.67. The largest absolute Gasteiger partial charge is 0.127 e. The Hall–Kier alpha value is 0.507. The third-order valence-electron chi connectivity index (χ3n) is 0.760. The standard InChI is InChI=1S/C5H10ClSi/c1-5(2,3)4(6)7/h4H,1-3H3. The molecule has 0 saturated heterocycles. The monoisotopic (exact) mass is 133 g/mol. The van der Waals surface area contributed by atoms with Gasteiger partial charge in [0.05, 0.1) is 0 Å². The van der Waals surface area contributed by atoms with Crippen LogP contribution in [0.2, 0.25) is 0 Å². The quantitative estimate of drug-likeness (QED) is 0.349. The number of alkyl halides is 1. The Balaban J connectivity index is 3.54. The van der Waals surface area contributed by atoms with Gasteiger partial charge in [0.2, 0.25) is 0 Å². The van der Waals surface area contributed by atoms with E-state index < -0.39 is 0 Å². The minimum Gasteiger partial charge on any atom is -0.127 e. The zero-order chi connectivity index (χ0) is 6.08. The lowest BCUT2D eigenvalue weighted by Gasteiger charge is -2.20. The van der Waals surface area contributed by atoms with E-state index in [-0.39, 0.29) is 10.4 Å². The van der Waals surface area contributed by atoms with E-state index in [4.69, 9.17) is 11.6 Å². The molecule has 3 radical (unpaired) electrons. The molecular weight excluding hydrogens is 124 g/mol. The van der Waals surface area contributed by atoms with Gasteiger partial charge in [0.15, 0.2) is 0 Å². The molecular formula is C5H10ClSi. The predicted octanol–water partition coefficient (Wildman–Crippen LogP) is 1.77. The van der Waals surface area contributed by atoms with Crippen LogP contribution in [0.1, 0.15) is 20.8 Å². The summed E-state index contributed by atoms with van der Waals surface area (Å²) in [5, 5.41) is 0.0764. The van der Waals surface area contributed by atoms with Crippen molar-refractivity contribution in [2.45, 2.75) is 25.8 Å². The first kappa shape index (κ1) is 7.51. The van der Waals surface area contributed by atoms with E-state index in [0.717, 1.165) is 0 Å². The molecule has 0 aliphatic carbocycles. The molecule has 1 atom stereocenters. The molecule has 0 aromatic carbocycles. The van der Waals surface area contributed by atoms with Crippen LogP contribution < -0.4 is 0 Å². The third kappa shape index (κ3) is 3.12. The average molecular weight is 134 g/mol. The first-order valence-electron chi connectivity index (χ1n) is 2.30. The summed E-state index contributed by atoms with van der Waals surface area (Å²) in [5.41, 5.74) is 0.179. The molecule has 7 heavy (non-hydrogen) atoms. The molecule has 0 aliphatic rings. The summed E-state index contributed by atoms with van der Waals surface area (Å²) in [6, 6.07) is 0. The van der Waals surface area contributed by atoms with Gasteiger partial charge in [-0.1, -0.05) is 20.8 Å². The molecule has 0 nitrogen and oxygen atoms in total. The Morgan fingerprint density at radius 2 is 1.57 bits per heavy atom. The van der Waals surface area contributed by atoms with Crippen LogP contribution in [-0.4, -0.2) is 15.2 Å². The lowest BCUT2D eigenvalue weighted by Crippen LogP contribution is -2.19. The molecule has 0 aromatic rings. The lowest BCUT2D eigenvalue weighted by molar-refractivity contribution is 0.450. The van der Waals surface area contributed by atoms with Gasteiger partial charge in [0, 0.05) is 15.2 Å². The highest BCUT2D eigenvalue weighted by molar-refractivity contribution is 6.40. The second-order valence-electron chi connectivity index (χ2n) is 2.73. The molecule has 0 saturated carbocycles. The van der Waals surface area contributed by atoms with E-state index in [1.54, 1.807) is 0 Å². The lowest BCUT2D eigenvalue weighted by atomic mass is 10.0. The second-order valence-corrected chi connectivity index (χ2v) is 4.11. The van der Waals surface area contributed by atoms with E-state index in [2.05, 4.69) is 31.0 Å². The van der Waals surface area contributed by atoms with E-state index in [0.29, 0.717) is 0 Å². The Morgan fingerprint density at radius 1 is 1.43 bits per heavy atom. The fourth-order valence-electron chi connectivity index (χ4n) is 0. The molecule has 2 heteroatoms. The molecule has 0 aromatic heterocycles. The SMILES string of the molecule is CC(C)(C)C([Si])Cl. The van der Waals surface area contributed by atoms with Crippen LogP contribution in [-0.2, 0) is 0 Å². The highest BCUT2D eigenvalue weighted by atomic mass is 35.5. The number of rotatable bonds is 0. The fraction of sp³-hybridized carbons (Fsp3) is 1.00. The normalized spacial score (nSPS) is 16.7. The first-order chi connectivity index (χ1) is 2.94. The van der Waals surface area contributed by atoms with E-state index in [1.807, 2.05) is 0 Å². The highest BCUT2D eigenvalue weighted by Gasteiger charge is 2.16. The van der Waals surface area contributed by atoms with Crippen LogP contribution in [0, 0.1) is 5.41 Å². The molecule has 0 spiro atoms. The summed E-state index contributed by atoms with van der Waals surface area (Å²) in [5.74, 6) is 0. The van der Waals surface area contributed by atoms with Crippen molar-refractivity contribution in [3.63, 3.8) is 0 Å². The van der Waals surface area contributed by atoms with Gasteiger partial charge < -0.3 is 0 Å². The van der Waals surface area contributed by atoms with Gasteiger partial charge in [0.25, 0.3) is 0 Å². The Labute approximate surface area is 53.7 Å². The Morgan fingerprint density at radius 3 is 1.57 bits per heavy atom. The van der Waals surface area contributed by atoms with Crippen molar-refractivity contribution >= 4 is 21.8 Å². The van der Waals surface area contributed by atoms with Crippen molar-refractivity contribution in [3.8, 4) is 0 Å². The van der Waals surface area contributed by atoms with Crippen molar-refractivity contribution in [2.75, 3.05) is 0 Å². The fourth-order valence-corrected chi connectivity index (χ4v) is 0. The molecule has 0 bridgehead atoms. The van der Waals surface area contributed by atoms with Gasteiger partial charge >= 0.3 is 0 Å². The first-order valence-corrected chi connectivity index (χ1v) is 3.31. The van der Waals surface area contributed by atoms with Crippen molar-refractivity contribution in [1.82, 2.24) is 0 Å². The number of hydrogen-bond acceptors (Lipinski definition) is 0. The summed E-state index contributed by atoms with van der Waals surface area (Å²) >= 11 is 5.67. The number of hydrogen-bond donors (Lipinski definition) is 0. The third-order valence-corrected chi connectivity index (χ3v) is 2.28. The van der Waals surface area contributed by atoms with Crippen molar-refractivity contribution < 1.29 is 0 Å². The van der Waals surface area contributed by atoms with Crippen LogP contribution in [0.5, 0.6) is 0 Å². The van der Waals surface area contributed by atoms with Crippen LogP contribution in [0.4, 0.5) is 0 Å². The van der Waals surface area contributed by atoms with Crippen molar-refractivity contribution in [2.24, 2.45) is 5.41 Å². The van der Waals surface area contributed by atoms with Gasteiger partial charge in [-0.15, -0.1) is 11.6 Å². The highest BCUT2D eigenvalue weighted by Crippen LogP contribution is 2.20. The molecule has 0 amide bonds. The maximum atomic E-state index is 5.67. The van der Waals surface area contributed by atoms with E-state index in [1.165, 1.54) is 0 Å². The predicted molar refractivity (Wildman–Crippen MR) is 34.8 cm³/mol. The smallest absolute Gasteiger partial charge is 0.0494 e. The van der Waals surface area contributed by atoms with Crippen LogP contribution in [0.3, 0.4) is 0 Å². The van der Waals surface area contributed by atoms with Crippen molar-refractivity contribution in [3.05, 3.63) is 0 Å². The summed E-state index contributed by atoms with van der Waals surface area (Å²) in [6.07, 6.45) is 0. The zero-order valence-corrected chi connectivity index (χ0v) is 6.71. The molecule has 1 unspecified atom stereocenters. The van der Waals surface area contributed by atoms with Gasteiger partial charge in [0.1, 0.15) is 0 Å². The summed E-state index contributed by atoms with van der Waals surface area (Å²) in [4.78, 5) is 0. The summed E-state index contributed by atoms with van der Waals surface area (Å²) in [7, 11) is 3.31. The maximum Gasteiger partial charge on any atom is 0.0494 e. The minimum atomic E-state index is 0.0764. The molecule has 0 heterocycles. The molecule has 41 valence electrons. The van der Waals surface area contributed by atoms with E-state index >= 15 is 0 Å². The van der Waals surface area contributed by atoms with Crippen LogP contribution in [0.15, 0.2) is 0 Å². The Kier molecular flexibility index (Phi) is 2.34. The van der Waals surface area contributed by atoms with Crippen LogP contribution >= 0.6 is 11.6 Å². The summed E-state index contributed by atoms with van der Waals surface area (Å²) < 4.78 is 0. The minimum absolute atomic E-state index is 0.0764. The topological polar surface area (TPSA) is 0 Å². The van der Waals surface area contributed by atoms with Crippen molar-refractivity contribution in [1.29, 1.82) is 0 Å².